The second-order valence-electron chi connectivity index (χ2n) is 5.82. The Balaban J connectivity index is 1.62. The van der Waals surface area contributed by atoms with Crippen LogP contribution in [0.15, 0.2) is 36.4 Å². The van der Waals surface area contributed by atoms with Crippen molar-refractivity contribution in [2.75, 3.05) is 23.8 Å². The fraction of sp³-hybridized carbons (Fsp3) is 0.333. The largest absolute Gasteiger partial charge is 0.494 e. The molecule has 1 unspecified atom stereocenters. The number of carbonyl (C=O) groups excluding carboxylic acids is 1. The molecule has 2 heterocycles. The van der Waals surface area contributed by atoms with Crippen molar-refractivity contribution in [2.24, 2.45) is 0 Å². The Morgan fingerprint density at radius 3 is 2.75 bits per heavy atom. The Hall–Kier alpha value is -2.76. The average molecular weight is 327 g/mol. The van der Waals surface area contributed by atoms with Gasteiger partial charge in [0.25, 0.3) is 5.91 Å². The molecule has 1 aromatic heterocycles. The molecule has 1 amide bonds. The number of rotatable bonds is 5. The normalized spacial score (nSPS) is 16.5. The number of aryl methyl sites for hydroxylation is 1. The van der Waals surface area contributed by atoms with Crippen molar-refractivity contribution in [2.45, 2.75) is 26.4 Å². The predicted octanol–water partition coefficient (Wildman–Crippen LogP) is 2.56. The smallest absolute Gasteiger partial charge is 0.269 e. The molecule has 1 atom stereocenters. The van der Waals surface area contributed by atoms with E-state index in [2.05, 4.69) is 4.98 Å². The monoisotopic (exact) mass is 327 g/mol. The minimum atomic E-state index is -0.527. The van der Waals surface area contributed by atoms with Gasteiger partial charge in [-0.2, -0.15) is 0 Å². The van der Waals surface area contributed by atoms with E-state index in [4.69, 9.17) is 15.2 Å². The van der Waals surface area contributed by atoms with Gasteiger partial charge in [0.15, 0.2) is 17.7 Å². The summed E-state index contributed by atoms with van der Waals surface area (Å²) in [5.41, 5.74) is 6.93. The van der Waals surface area contributed by atoms with E-state index < -0.39 is 6.10 Å². The number of carbonyl (C=O) groups is 1. The van der Waals surface area contributed by atoms with Crippen molar-refractivity contribution in [3.8, 4) is 11.5 Å². The fourth-order valence-corrected chi connectivity index (χ4v) is 2.56. The molecule has 0 saturated heterocycles. The number of pyridine rings is 1. The lowest BCUT2D eigenvalue weighted by Crippen LogP contribution is -2.45. The molecule has 24 heavy (non-hydrogen) atoms. The minimum absolute atomic E-state index is 0.115. The van der Waals surface area contributed by atoms with Gasteiger partial charge in [0.2, 0.25) is 0 Å². The zero-order valence-electron chi connectivity index (χ0n) is 13.9. The summed E-state index contributed by atoms with van der Waals surface area (Å²) >= 11 is 0. The number of hydrogen-bond donors (Lipinski definition) is 1. The number of nitrogens with two attached hydrogens (primary N) is 1. The number of benzene rings is 1. The maximum absolute atomic E-state index is 12.4. The van der Waals surface area contributed by atoms with E-state index in [0.29, 0.717) is 37.0 Å². The van der Waals surface area contributed by atoms with Crippen LogP contribution < -0.4 is 20.1 Å². The fourth-order valence-electron chi connectivity index (χ4n) is 2.56. The highest BCUT2D eigenvalue weighted by Gasteiger charge is 2.32. The van der Waals surface area contributed by atoms with Crippen molar-refractivity contribution < 1.29 is 14.3 Å². The van der Waals surface area contributed by atoms with Gasteiger partial charge < -0.3 is 15.2 Å². The van der Waals surface area contributed by atoms with Crippen LogP contribution in [0.3, 0.4) is 0 Å². The Morgan fingerprint density at radius 2 is 2.00 bits per heavy atom. The summed E-state index contributed by atoms with van der Waals surface area (Å²) in [5.74, 6) is 2.13. The molecular formula is C18H21N3O3. The van der Waals surface area contributed by atoms with E-state index in [1.807, 2.05) is 31.2 Å². The summed E-state index contributed by atoms with van der Waals surface area (Å²) in [6.07, 6.45) is 0.156. The first kappa shape index (κ1) is 16.1. The number of fused-ring (bicyclic) bond motifs is 1. The van der Waals surface area contributed by atoms with E-state index in [1.165, 1.54) is 5.56 Å². The SMILES string of the molecule is Cc1ccc(OCCCN2C(=O)C(C)Oc3ccc(N)nc32)cc1. The molecule has 0 aliphatic carbocycles. The highest BCUT2D eigenvalue weighted by molar-refractivity contribution is 5.98. The van der Waals surface area contributed by atoms with E-state index in [0.717, 1.165) is 5.75 Å². The first-order valence-electron chi connectivity index (χ1n) is 7.98. The van der Waals surface area contributed by atoms with Gasteiger partial charge in [-0.3, -0.25) is 9.69 Å². The second-order valence-corrected chi connectivity index (χ2v) is 5.82. The number of aromatic nitrogens is 1. The number of anilines is 2. The third-order valence-corrected chi connectivity index (χ3v) is 3.85. The molecule has 126 valence electrons. The van der Waals surface area contributed by atoms with Crippen LogP contribution >= 0.6 is 0 Å². The van der Waals surface area contributed by atoms with Crippen LogP contribution in [-0.4, -0.2) is 30.1 Å². The predicted molar refractivity (Wildman–Crippen MR) is 92.4 cm³/mol. The van der Waals surface area contributed by atoms with Crippen LogP contribution in [0.25, 0.3) is 0 Å². The van der Waals surface area contributed by atoms with E-state index in [-0.39, 0.29) is 5.91 Å². The number of nitrogens with zero attached hydrogens (tertiary/aromatic N) is 2. The van der Waals surface area contributed by atoms with E-state index in [9.17, 15) is 4.79 Å². The maximum Gasteiger partial charge on any atom is 0.269 e. The minimum Gasteiger partial charge on any atom is -0.494 e. The lowest BCUT2D eigenvalue weighted by atomic mass is 10.2. The van der Waals surface area contributed by atoms with Crippen LogP contribution in [0.4, 0.5) is 11.6 Å². The van der Waals surface area contributed by atoms with Gasteiger partial charge in [-0.15, -0.1) is 0 Å². The average Bonchev–Trinajstić information content (AvgIpc) is 2.57. The topological polar surface area (TPSA) is 77.7 Å². The summed E-state index contributed by atoms with van der Waals surface area (Å²) in [6.45, 7) is 4.78. The van der Waals surface area contributed by atoms with Crippen LogP contribution in [-0.2, 0) is 4.79 Å². The second kappa shape index (κ2) is 6.78. The van der Waals surface area contributed by atoms with Crippen molar-refractivity contribution in [1.29, 1.82) is 0 Å². The first-order valence-corrected chi connectivity index (χ1v) is 7.98. The molecular weight excluding hydrogens is 306 g/mol. The Kier molecular flexibility index (Phi) is 4.55. The number of hydrogen-bond acceptors (Lipinski definition) is 5. The van der Waals surface area contributed by atoms with Gasteiger partial charge in [-0.1, -0.05) is 17.7 Å². The zero-order chi connectivity index (χ0) is 17.1. The lowest BCUT2D eigenvalue weighted by Gasteiger charge is -2.32. The quantitative estimate of drug-likeness (QED) is 0.854. The van der Waals surface area contributed by atoms with Crippen LogP contribution in [0, 0.1) is 6.92 Å². The Bertz CT molecular complexity index is 731. The molecule has 1 aliphatic rings. The standard InChI is InChI=1S/C18H21N3O3/c1-12-4-6-14(7-5-12)23-11-3-10-21-17-15(8-9-16(19)20-17)24-13(2)18(21)22/h4-9,13H,3,10-11H2,1-2H3,(H2,19,20). The number of amides is 1. The molecule has 6 nitrogen and oxygen atoms in total. The molecule has 6 heteroatoms. The van der Waals surface area contributed by atoms with E-state index >= 15 is 0 Å². The van der Waals surface area contributed by atoms with Gasteiger partial charge in [0, 0.05) is 6.54 Å². The summed E-state index contributed by atoms with van der Waals surface area (Å²) in [5, 5.41) is 0. The van der Waals surface area contributed by atoms with Gasteiger partial charge in [0.1, 0.15) is 11.6 Å². The molecule has 2 aromatic rings. The van der Waals surface area contributed by atoms with E-state index in [1.54, 1.807) is 24.0 Å². The molecule has 3 rings (SSSR count). The zero-order valence-corrected chi connectivity index (χ0v) is 13.9. The van der Waals surface area contributed by atoms with Crippen LogP contribution in [0.1, 0.15) is 18.9 Å². The van der Waals surface area contributed by atoms with Gasteiger partial charge >= 0.3 is 0 Å². The summed E-state index contributed by atoms with van der Waals surface area (Å²) in [6, 6.07) is 11.3. The third kappa shape index (κ3) is 3.42. The molecule has 0 fully saturated rings. The highest BCUT2D eigenvalue weighted by atomic mass is 16.5. The Labute approximate surface area is 141 Å². The molecule has 0 spiro atoms. The number of nitrogen functional groups attached to an aromatic ring is 1. The molecule has 2 N–H and O–H groups in total. The third-order valence-electron chi connectivity index (χ3n) is 3.85. The molecule has 1 aromatic carbocycles. The Morgan fingerprint density at radius 1 is 1.25 bits per heavy atom. The summed E-state index contributed by atoms with van der Waals surface area (Å²) < 4.78 is 11.3. The summed E-state index contributed by atoms with van der Waals surface area (Å²) in [7, 11) is 0. The van der Waals surface area contributed by atoms with Crippen LogP contribution in [0.5, 0.6) is 11.5 Å². The van der Waals surface area contributed by atoms with Crippen molar-refractivity contribution in [3.05, 3.63) is 42.0 Å². The van der Waals surface area contributed by atoms with Gasteiger partial charge in [-0.25, -0.2) is 4.98 Å². The molecule has 0 radical (unpaired) electrons. The number of ether oxygens (including phenoxy) is 2. The van der Waals surface area contributed by atoms with Gasteiger partial charge in [-0.05, 0) is 44.5 Å². The molecule has 0 bridgehead atoms. The summed E-state index contributed by atoms with van der Waals surface area (Å²) in [4.78, 5) is 18.2. The highest BCUT2D eigenvalue weighted by Crippen LogP contribution is 2.32. The maximum atomic E-state index is 12.4. The van der Waals surface area contributed by atoms with Gasteiger partial charge in [0.05, 0.1) is 6.61 Å². The lowest BCUT2D eigenvalue weighted by molar-refractivity contribution is -0.125. The van der Waals surface area contributed by atoms with Crippen molar-refractivity contribution in [1.82, 2.24) is 4.98 Å². The molecule has 1 aliphatic heterocycles. The van der Waals surface area contributed by atoms with Crippen molar-refractivity contribution >= 4 is 17.5 Å². The first-order chi connectivity index (χ1) is 11.5. The molecule has 0 saturated carbocycles. The van der Waals surface area contributed by atoms with Crippen LogP contribution in [0.2, 0.25) is 0 Å². The van der Waals surface area contributed by atoms with Crippen molar-refractivity contribution in [3.63, 3.8) is 0 Å².